The molecule has 1 aromatic heterocycles. The van der Waals surface area contributed by atoms with E-state index in [2.05, 4.69) is 25.7 Å². The zero-order valence-electron chi connectivity index (χ0n) is 12.3. The molecule has 0 saturated heterocycles. The number of alkyl halides is 3. The van der Waals surface area contributed by atoms with Crippen molar-refractivity contribution in [3.05, 3.63) is 57.8 Å². The van der Waals surface area contributed by atoms with Crippen LogP contribution in [0.5, 0.6) is 5.75 Å². The monoisotopic (exact) mass is 400 g/mol. The highest BCUT2D eigenvalue weighted by Gasteiger charge is 2.33. The SMILES string of the molecule is O=C1c2cc(Br)cnc2CCN1Cc1ccccc1OC(F)(F)F. The molecule has 0 fully saturated rings. The van der Waals surface area contributed by atoms with Crippen molar-refractivity contribution >= 4 is 21.8 Å². The molecule has 1 aliphatic heterocycles. The van der Waals surface area contributed by atoms with E-state index < -0.39 is 6.36 Å². The van der Waals surface area contributed by atoms with Gasteiger partial charge in [-0.1, -0.05) is 18.2 Å². The lowest BCUT2D eigenvalue weighted by Gasteiger charge is -2.28. The van der Waals surface area contributed by atoms with Crippen LogP contribution in [0.4, 0.5) is 13.2 Å². The molecule has 2 aromatic rings. The molecule has 4 nitrogen and oxygen atoms in total. The van der Waals surface area contributed by atoms with Crippen molar-refractivity contribution in [2.24, 2.45) is 0 Å². The van der Waals surface area contributed by atoms with Crippen molar-refractivity contribution in [1.82, 2.24) is 9.88 Å². The van der Waals surface area contributed by atoms with Gasteiger partial charge < -0.3 is 9.64 Å². The average molecular weight is 401 g/mol. The number of ether oxygens (including phenoxy) is 1. The minimum atomic E-state index is -4.77. The Kier molecular flexibility index (Phi) is 4.49. The van der Waals surface area contributed by atoms with E-state index in [1.165, 1.54) is 23.1 Å². The highest BCUT2D eigenvalue weighted by atomic mass is 79.9. The van der Waals surface area contributed by atoms with Crippen LogP contribution >= 0.6 is 15.9 Å². The number of nitrogens with zero attached hydrogens (tertiary/aromatic N) is 2. The van der Waals surface area contributed by atoms with Crippen LogP contribution in [-0.4, -0.2) is 28.7 Å². The Hall–Kier alpha value is -2.09. The van der Waals surface area contributed by atoms with Gasteiger partial charge in [0.05, 0.1) is 11.3 Å². The molecule has 0 radical (unpaired) electrons. The van der Waals surface area contributed by atoms with Crippen LogP contribution in [0.15, 0.2) is 41.0 Å². The number of amides is 1. The molecule has 1 aliphatic rings. The van der Waals surface area contributed by atoms with Crippen LogP contribution < -0.4 is 4.74 Å². The number of benzene rings is 1. The van der Waals surface area contributed by atoms with E-state index in [9.17, 15) is 18.0 Å². The first-order valence-electron chi connectivity index (χ1n) is 7.11. The normalized spacial score (nSPS) is 14.5. The fourth-order valence-electron chi connectivity index (χ4n) is 2.58. The smallest absolute Gasteiger partial charge is 0.405 e. The van der Waals surface area contributed by atoms with Crippen molar-refractivity contribution in [3.63, 3.8) is 0 Å². The molecule has 24 heavy (non-hydrogen) atoms. The minimum absolute atomic E-state index is 0.0387. The second-order valence-electron chi connectivity index (χ2n) is 5.28. The Morgan fingerprint density at radius 3 is 2.79 bits per heavy atom. The van der Waals surface area contributed by atoms with Gasteiger partial charge in [0.15, 0.2) is 0 Å². The molecule has 1 aromatic carbocycles. The number of carbonyl (C=O) groups excluding carboxylic acids is 1. The van der Waals surface area contributed by atoms with Crippen LogP contribution in [-0.2, 0) is 13.0 Å². The number of fused-ring (bicyclic) bond motifs is 1. The molecule has 0 spiro atoms. The summed E-state index contributed by atoms with van der Waals surface area (Å²) in [5, 5.41) is 0. The van der Waals surface area contributed by atoms with E-state index in [1.54, 1.807) is 18.3 Å². The number of para-hydroxylation sites is 1. The van der Waals surface area contributed by atoms with Gasteiger partial charge in [0.25, 0.3) is 5.91 Å². The lowest BCUT2D eigenvalue weighted by atomic mass is 10.0. The number of hydrogen-bond donors (Lipinski definition) is 0. The maximum atomic E-state index is 12.6. The number of hydrogen-bond acceptors (Lipinski definition) is 3. The van der Waals surface area contributed by atoms with Crippen LogP contribution in [0.1, 0.15) is 21.6 Å². The average Bonchev–Trinajstić information content (AvgIpc) is 2.51. The fourth-order valence-corrected chi connectivity index (χ4v) is 2.91. The maximum Gasteiger partial charge on any atom is 0.573 e. The summed E-state index contributed by atoms with van der Waals surface area (Å²) in [6.45, 7) is 0.428. The topological polar surface area (TPSA) is 42.4 Å². The van der Waals surface area contributed by atoms with E-state index in [0.29, 0.717) is 34.3 Å². The van der Waals surface area contributed by atoms with Crippen LogP contribution in [0.3, 0.4) is 0 Å². The quantitative estimate of drug-likeness (QED) is 0.783. The van der Waals surface area contributed by atoms with E-state index >= 15 is 0 Å². The zero-order chi connectivity index (χ0) is 17.3. The molecule has 126 valence electrons. The summed E-state index contributed by atoms with van der Waals surface area (Å²) in [6, 6.07) is 7.50. The van der Waals surface area contributed by atoms with Gasteiger partial charge in [-0.15, -0.1) is 13.2 Å². The van der Waals surface area contributed by atoms with Crippen LogP contribution in [0.25, 0.3) is 0 Å². The molecule has 1 amide bonds. The molecule has 2 heterocycles. The molecular weight excluding hydrogens is 389 g/mol. The van der Waals surface area contributed by atoms with Crippen molar-refractivity contribution in [2.45, 2.75) is 19.3 Å². The summed E-state index contributed by atoms with van der Waals surface area (Å²) in [7, 11) is 0. The third-order valence-corrected chi connectivity index (χ3v) is 4.07. The second-order valence-corrected chi connectivity index (χ2v) is 6.20. The molecule has 0 saturated carbocycles. The first kappa shape index (κ1) is 16.8. The van der Waals surface area contributed by atoms with E-state index in [-0.39, 0.29) is 18.2 Å². The summed E-state index contributed by atoms with van der Waals surface area (Å²) in [5.41, 5.74) is 1.46. The Morgan fingerprint density at radius 1 is 1.29 bits per heavy atom. The molecule has 3 rings (SSSR count). The molecule has 0 aliphatic carbocycles. The highest BCUT2D eigenvalue weighted by Crippen LogP contribution is 2.29. The first-order valence-corrected chi connectivity index (χ1v) is 7.90. The molecule has 0 N–H and O–H groups in total. The third-order valence-electron chi connectivity index (χ3n) is 3.63. The van der Waals surface area contributed by atoms with Gasteiger partial charge in [0.1, 0.15) is 5.75 Å². The van der Waals surface area contributed by atoms with E-state index in [4.69, 9.17) is 0 Å². The van der Waals surface area contributed by atoms with E-state index in [0.717, 1.165) is 0 Å². The van der Waals surface area contributed by atoms with Gasteiger partial charge in [-0.25, -0.2) is 0 Å². The Labute approximate surface area is 144 Å². The Bertz CT molecular complexity index is 780. The van der Waals surface area contributed by atoms with Gasteiger partial charge in [-0.05, 0) is 28.1 Å². The Balaban J connectivity index is 1.84. The second kappa shape index (κ2) is 6.43. The van der Waals surface area contributed by atoms with Gasteiger partial charge in [0, 0.05) is 35.7 Å². The molecular formula is C16H12BrF3N2O2. The standard InChI is InChI=1S/C16H12BrF3N2O2/c17-11-7-12-13(21-8-11)5-6-22(15(12)23)9-10-3-1-2-4-14(10)24-16(18,19)20/h1-4,7-8H,5-6,9H2. The van der Waals surface area contributed by atoms with Crippen LogP contribution in [0.2, 0.25) is 0 Å². The van der Waals surface area contributed by atoms with Crippen molar-refractivity contribution < 1.29 is 22.7 Å². The summed E-state index contributed by atoms with van der Waals surface area (Å²) >= 11 is 3.27. The van der Waals surface area contributed by atoms with Gasteiger partial charge in [-0.3, -0.25) is 9.78 Å². The lowest BCUT2D eigenvalue weighted by molar-refractivity contribution is -0.275. The summed E-state index contributed by atoms with van der Waals surface area (Å²) < 4.78 is 42.2. The van der Waals surface area contributed by atoms with E-state index in [1.807, 2.05) is 0 Å². The Morgan fingerprint density at radius 2 is 2.04 bits per heavy atom. The highest BCUT2D eigenvalue weighted by molar-refractivity contribution is 9.10. The molecule has 0 bridgehead atoms. The number of pyridine rings is 1. The summed E-state index contributed by atoms with van der Waals surface area (Å²) in [5.74, 6) is -0.553. The predicted octanol–water partition coefficient (Wildman–Crippen LogP) is 3.94. The predicted molar refractivity (Wildman–Crippen MR) is 83.5 cm³/mol. The zero-order valence-corrected chi connectivity index (χ0v) is 13.9. The maximum absolute atomic E-state index is 12.6. The first-order chi connectivity index (χ1) is 11.3. The number of aromatic nitrogens is 1. The van der Waals surface area contributed by atoms with Gasteiger partial charge in [-0.2, -0.15) is 0 Å². The summed E-state index contributed by atoms with van der Waals surface area (Å²) in [4.78, 5) is 18.3. The van der Waals surface area contributed by atoms with Gasteiger partial charge >= 0.3 is 6.36 Å². The summed E-state index contributed by atoms with van der Waals surface area (Å²) in [6.07, 6.45) is -2.60. The number of carbonyl (C=O) groups is 1. The molecule has 8 heteroatoms. The van der Waals surface area contributed by atoms with Crippen molar-refractivity contribution in [2.75, 3.05) is 6.54 Å². The third kappa shape index (κ3) is 3.69. The van der Waals surface area contributed by atoms with Crippen LogP contribution in [0, 0.1) is 0 Å². The number of halogens is 4. The largest absolute Gasteiger partial charge is 0.573 e. The minimum Gasteiger partial charge on any atom is -0.405 e. The van der Waals surface area contributed by atoms with Crippen molar-refractivity contribution in [3.8, 4) is 5.75 Å². The fraction of sp³-hybridized carbons (Fsp3) is 0.250. The lowest BCUT2D eigenvalue weighted by Crippen LogP contribution is -2.37. The number of rotatable bonds is 3. The molecule has 0 unspecified atom stereocenters. The van der Waals surface area contributed by atoms with Gasteiger partial charge in [0.2, 0.25) is 0 Å². The van der Waals surface area contributed by atoms with Crippen molar-refractivity contribution in [1.29, 1.82) is 0 Å². The molecule has 0 atom stereocenters.